The predicted molar refractivity (Wildman–Crippen MR) is 110 cm³/mol. The van der Waals surface area contributed by atoms with Crippen LogP contribution in [0.5, 0.6) is 0 Å². The van der Waals surface area contributed by atoms with E-state index in [1.54, 1.807) is 39.5 Å². The first-order chi connectivity index (χ1) is 13.6. The maximum atomic E-state index is 13.2. The molecule has 1 aromatic rings. The Morgan fingerprint density at radius 1 is 1.00 bits per heavy atom. The Morgan fingerprint density at radius 3 is 1.94 bits per heavy atom. The summed E-state index contributed by atoms with van der Waals surface area (Å²) in [7, 11) is 0. The summed E-state index contributed by atoms with van der Waals surface area (Å²) in [5.41, 5.74) is 0.879. The molecular formula is C20H29BF3KN2O4. The zero-order chi connectivity index (χ0) is 23.0. The number of carbonyl (C=O) groups excluding carboxylic acids is 1. The Labute approximate surface area is 224 Å². The van der Waals surface area contributed by atoms with E-state index < -0.39 is 31.0 Å². The number of carboxylic acid groups (broad SMARTS) is 1. The molecule has 0 unspecified atom stereocenters. The van der Waals surface area contributed by atoms with E-state index in [1.807, 2.05) is 4.90 Å². The minimum absolute atomic E-state index is 0. The van der Waals surface area contributed by atoms with Crippen molar-refractivity contribution in [3.05, 3.63) is 27.8 Å². The molecule has 1 aliphatic heterocycles. The van der Waals surface area contributed by atoms with Crippen LogP contribution in [0.25, 0.3) is 0 Å². The first-order valence-electron chi connectivity index (χ1n) is 9.92. The monoisotopic (exact) mass is 468 g/mol. The number of benzene rings is 1. The summed E-state index contributed by atoms with van der Waals surface area (Å²) < 4.78 is 45.1. The molecule has 1 amide bonds. The van der Waals surface area contributed by atoms with E-state index >= 15 is 0 Å². The second-order valence-corrected chi connectivity index (χ2v) is 8.75. The number of anilines is 1. The topological polar surface area (TPSA) is 70.1 Å². The van der Waals surface area contributed by atoms with Gasteiger partial charge >= 0.3 is 70.4 Å². The number of nitrogens with zero attached hydrogens (tertiary/aromatic N) is 2. The molecular weight excluding hydrogens is 439 g/mol. The summed E-state index contributed by atoms with van der Waals surface area (Å²) in [6.45, 7) is 6.30. The molecule has 1 saturated heterocycles. The van der Waals surface area contributed by atoms with E-state index in [0.29, 0.717) is 43.0 Å². The van der Waals surface area contributed by atoms with Gasteiger partial charge in [0, 0.05) is 31.9 Å². The largest absolute Gasteiger partial charge is 1.00 e. The molecule has 168 valence electrons. The Morgan fingerprint density at radius 2 is 1.52 bits per heavy atom. The maximum Gasteiger partial charge on any atom is 1.00 e. The van der Waals surface area contributed by atoms with Crippen LogP contribution in [-0.4, -0.2) is 60.8 Å². The Balaban J connectivity index is 0.00000480. The van der Waals surface area contributed by atoms with Crippen LogP contribution in [0.2, 0.25) is 0 Å². The van der Waals surface area contributed by atoms with Crippen LogP contribution in [-0.2, 0) is 11.1 Å². The molecule has 0 aromatic heterocycles. The molecule has 1 N–H and O–H groups in total. The second kappa shape index (κ2) is 10.5. The van der Waals surface area contributed by atoms with Gasteiger partial charge in [-0.3, -0.25) is 0 Å². The van der Waals surface area contributed by atoms with Gasteiger partial charge in [-0.05, 0) is 58.2 Å². The number of carbonyl (C=O) groups is 2. The van der Waals surface area contributed by atoms with Crippen molar-refractivity contribution in [1.29, 1.82) is 0 Å². The van der Waals surface area contributed by atoms with Crippen LogP contribution in [0.1, 0.15) is 53.4 Å². The number of ether oxygens (including phenoxy) is 1. The second-order valence-electron chi connectivity index (χ2n) is 8.75. The van der Waals surface area contributed by atoms with Gasteiger partial charge in [0.15, 0.2) is 0 Å². The smallest absolute Gasteiger partial charge is 0.478 e. The van der Waals surface area contributed by atoms with Gasteiger partial charge in [-0.25, -0.2) is 9.59 Å². The molecule has 31 heavy (non-hydrogen) atoms. The van der Waals surface area contributed by atoms with Gasteiger partial charge in [-0.15, -0.1) is 0 Å². The van der Waals surface area contributed by atoms with Gasteiger partial charge in [-0.1, -0.05) is 11.9 Å². The van der Waals surface area contributed by atoms with Gasteiger partial charge in [0.25, 0.3) is 0 Å². The summed E-state index contributed by atoms with van der Waals surface area (Å²) >= 11 is 0. The number of halogens is 3. The molecule has 1 fully saturated rings. The molecule has 0 bridgehead atoms. The fourth-order valence-electron chi connectivity index (χ4n) is 4.03. The minimum atomic E-state index is -5.12. The van der Waals surface area contributed by atoms with Crippen molar-refractivity contribution < 1.29 is 83.8 Å². The van der Waals surface area contributed by atoms with Crippen molar-refractivity contribution in [2.45, 2.75) is 53.5 Å². The standard InChI is InChI=1S/C20H29BF3N2O4.K/c1-12-15(11-21(22,23)24)13(2)17(14(3)16(12)18(27)28)25-7-9-26(10-8-25)19(29)30-20(4,5)6;/h7-11H2,1-6H3,(H,27,28);/q-1;+1. The van der Waals surface area contributed by atoms with Gasteiger partial charge in [0.1, 0.15) is 5.60 Å². The van der Waals surface area contributed by atoms with Crippen molar-refractivity contribution in [3.63, 3.8) is 0 Å². The molecule has 1 aromatic carbocycles. The van der Waals surface area contributed by atoms with Crippen molar-refractivity contribution in [2.75, 3.05) is 31.1 Å². The predicted octanol–water partition coefficient (Wildman–Crippen LogP) is 1.30. The fourth-order valence-corrected chi connectivity index (χ4v) is 4.03. The number of carboxylic acids is 1. The third-order valence-corrected chi connectivity index (χ3v) is 5.26. The normalized spacial score (nSPS) is 14.9. The average molecular weight is 468 g/mol. The van der Waals surface area contributed by atoms with E-state index in [2.05, 4.69) is 0 Å². The van der Waals surface area contributed by atoms with Crippen molar-refractivity contribution >= 4 is 24.7 Å². The average Bonchev–Trinajstić information content (AvgIpc) is 2.56. The summed E-state index contributed by atoms with van der Waals surface area (Å²) in [6.07, 6.45) is -1.56. The van der Waals surface area contributed by atoms with Crippen LogP contribution in [0.4, 0.5) is 23.4 Å². The number of aromatic carboxylic acids is 1. The van der Waals surface area contributed by atoms with Crippen LogP contribution in [0.15, 0.2) is 0 Å². The molecule has 0 atom stereocenters. The molecule has 0 spiro atoms. The van der Waals surface area contributed by atoms with Crippen molar-refractivity contribution in [3.8, 4) is 0 Å². The van der Waals surface area contributed by atoms with Crippen LogP contribution >= 0.6 is 0 Å². The number of amides is 1. The summed E-state index contributed by atoms with van der Waals surface area (Å²) in [6, 6.07) is 0. The third kappa shape index (κ3) is 7.12. The maximum absolute atomic E-state index is 13.2. The third-order valence-electron chi connectivity index (χ3n) is 5.26. The first-order valence-corrected chi connectivity index (χ1v) is 9.92. The van der Waals surface area contributed by atoms with Gasteiger partial charge < -0.3 is 32.6 Å². The number of piperazine rings is 1. The zero-order valence-electron chi connectivity index (χ0n) is 19.3. The van der Waals surface area contributed by atoms with E-state index in [4.69, 9.17) is 4.74 Å². The minimum Gasteiger partial charge on any atom is -0.478 e. The Hall–Kier alpha value is -0.749. The Bertz CT molecular complexity index is 849. The number of hydrogen-bond donors (Lipinski definition) is 1. The van der Waals surface area contributed by atoms with E-state index in [-0.39, 0.29) is 68.1 Å². The zero-order valence-corrected chi connectivity index (χ0v) is 22.4. The van der Waals surface area contributed by atoms with Gasteiger partial charge in [0.05, 0.1) is 5.56 Å². The molecule has 1 aliphatic rings. The molecule has 0 saturated carbocycles. The molecule has 0 radical (unpaired) electrons. The van der Waals surface area contributed by atoms with E-state index in [9.17, 15) is 27.6 Å². The number of hydrogen-bond acceptors (Lipinski definition) is 4. The van der Waals surface area contributed by atoms with E-state index in [1.165, 1.54) is 6.92 Å². The van der Waals surface area contributed by atoms with Gasteiger partial charge in [-0.2, -0.15) is 0 Å². The Kier molecular flexibility index (Phi) is 9.54. The molecule has 1 heterocycles. The summed E-state index contributed by atoms with van der Waals surface area (Å²) in [4.78, 5) is 27.5. The first kappa shape index (κ1) is 28.3. The fraction of sp³-hybridized carbons (Fsp3) is 0.600. The quantitative estimate of drug-likeness (QED) is 0.675. The summed E-state index contributed by atoms with van der Waals surface area (Å²) in [5, 5.41) is 9.64. The molecule has 11 heteroatoms. The SMILES string of the molecule is Cc1c(C[B-](F)(F)F)c(C)c(N2CCN(C(=O)OC(C)(C)C)CC2)c(C)c1C(=O)O.[K+]. The summed E-state index contributed by atoms with van der Waals surface area (Å²) in [5.74, 6) is -1.24. The number of rotatable bonds is 4. The van der Waals surface area contributed by atoms with Gasteiger partial charge in [0.2, 0.25) is 0 Å². The molecule has 2 rings (SSSR count). The van der Waals surface area contributed by atoms with Crippen molar-refractivity contribution in [1.82, 2.24) is 4.90 Å². The van der Waals surface area contributed by atoms with Crippen molar-refractivity contribution in [2.24, 2.45) is 0 Å². The van der Waals surface area contributed by atoms with Crippen LogP contribution in [0.3, 0.4) is 0 Å². The molecule has 0 aliphatic carbocycles. The van der Waals surface area contributed by atoms with E-state index in [0.717, 1.165) is 0 Å². The van der Waals surface area contributed by atoms with Crippen LogP contribution in [0, 0.1) is 20.8 Å². The van der Waals surface area contributed by atoms with Crippen LogP contribution < -0.4 is 56.3 Å². The molecule has 6 nitrogen and oxygen atoms in total.